The molecule has 26 heavy (non-hydrogen) atoms. The summed E-state index contributed by atoms with van der Waals surface area (Å²) in [7, 11) is 2.27. The molecule has 0 saturated carbocycles. The SMILES string of the molecule is C[NH+]1CC[NH+](CCCNC(=O)C(c2ccccc2)c2ccccc2)CC1. The Morgan fingerprint density at radius 2 is 1.46 bits per heavy atom. The van der Waals surface area contributed by atoms with Gasteiger partial charge in [-0.1, -0.05) is 60.7 Å². The van der Waals surface area contributed by atoms with Crippen LogP contribution in [0.4, 0.5) is 0 Å². The van der Waals surface area contributed by atoms with E-state index < -0.39 is 0 Å². The van der Waals surface area contributed by atoms with Gasteiger partial charge < -0.3 is 15.1 Å². The summed E-state index contributed by atoms with van der Waals surface area (Å²) in [4.78, 5) is 16.2. The predicted molar refractivity (Wildman–Crippen MR) is 105 cm³/mol. The molecular formula is C22H31N3O+2. The van der Waals surface area contributed by atoms with Crippen LogP contribution in [-0.4, -0.2) is 52.2 Å². The molecule has 0 radical (unpaired) electrons. The van der Waals surface area contributed by atoms with Gasteiger partial charge in [0.2, 0.25) is 5.91 Å². The first kappa shape index (κ1) is 18.6. The van der Waals surface area contributed by atoms with Crippen molar-refractivity contribution in [2.75, 3.05) is 46.3 Å². The Balaban J connectivity index is 1.55. The van der Waals surface area contributed by atoms with Crippen LogP contribution < -0.4 is 15.1 Å². The third-order valence-electron chi connectivity index (χ3n) is 5.34. The highest BCUT2D eigenvalue weighted by atomic mass is 16.1. The summed E-state index contributed by atoms with van der Waals surface area (Å²) in [6.45, 7) is 6.90. The van der Waals surface area contributed by atoms with Crippen molar-refractivity contribution in [2.24, 2.45) is 0 Å². The van der Waals surface area contributed by atoms with Crippen LogP contribution in [0.1, 0.15) is 23.5 Å². The number of quaternary nitrogens is 2. The van der Waals surface area contributed by atoms with Gasteiger partial charge in [0.25, 0.3) is 0 Å². The van der Waals surface area contributed by atoms with Gasteiger partial charge in [-0.15, -0.1) is 0 Å². The number of hydrogen-bond donors (Lipinski definition) is 3. The van der Waals surface area contributed by atoms with Gasteiger partial charge in [-0.3, -0.25) is 4.79 Å². The monoisotopic (exact) mass is 353 g/mol. The molecule has 3 N–H and O–H groups in total. The molecule has 0 unspecified atom stereocenters. The fourth-order valence-corrected chi connectivity index (χ4v) is 3.72. The highest BCUT2D eigenvalue weighted by Crippen LogP contribution is 2.24. The maximum absolute atomic E-state index is 12.9. The lowest BCUT2D eigenvalue weighted by molar-refractivity contribution is -1.00. The van der Waals surface area contributed by atoms with Crippen LogP contribution in [0.25, 0.3) is 0 Å². The van der Waals surface area contributed by atoms with Crippen LogP contribution in [0.3, 0.4) is 0 Å². The van der Waals surface area contributed by atoms with Crippen molar-refractivity contribution in [2.45, 2.75) is 12.3 Å². The van der Waals surface area contributed by atoms with Crippen molar-refractivity contribution >= 4 is 5.91 Å². The molecule has 1 saturated heterocycles. The largest absolute Gasteiger partial charge is 0.355 e. The van der Waals surface area contributed by atoms with E-state index in [1.165, 1.54) is 26.2 Å². The maximum Gasteiger partial charge on any atom is 0.232 e. The average Bonchev–Trinajstić information content (AvgIpc) is 2.68. The second kappa shape index (κ2) is 9.51. The first-order valence-corrected chi connectivity index (χ1v) is 9.76. The molecule has 1 fully saturated rings. The Morgan fingerprint density at radius 1 is 0.923 bits per heavy atom. The summed E-state index contributed by atoms with van der Waals surface area (Å²) in [5, 5.41) is 3.17. The third-order valence-corrected chi connectivity index (χ3v) is 5.34. The minimum atomic E-state index is -0.239. The molecule has 4 heteroatoms. The molecule has 4 nitrogen and oxygen atoms in total. The van der Waals surface area contributed by atoms with E-state index in [0.29, 0.717) is 0 Å². The van der Waals surface area contributed by atoms with E-state index in [9.17, 15) is 4.79 Å². The smallest absolute Gasteiger partial charge is 0.232 e. The second-order valence-corrected chi connectivity index (χ2v) is 7.36. The normalized spacial score (nSPS) is 20.1. The molecular weight excluding hydrogens is 322 g/mol. The summed E-state index contributed by atoms with van der Waals surface area (Å²) >= 11 is 0. The van der Waals surface area contributed by atoms with Crippen LogP contribution in [-0.2, 0) is 4.79 Å². The molecule has 0 aromatic heterocycles. The molecule has 138 valence electrons. The van der Waals surface area contributed by atoms with E-state index in [2.05, 4.69) is 12.4 Å². The third kappa shape index (κ3) is 5.16. The Hall–Kier alpha value is -2.17. The zero-order chi connectivity index (χ0) is 18.2. The number of nitrogens with one attached hydrogen (secondary N) is 3. The van der Waals surface area contributed by atoms with Crippen LogP contribution in [0, 0.1) is 0 Å². The highest BCUT2D eigenvalue weighted by Gasteiger charge is 2.23. The fourth-order valence-electron chi connectivity index (χ4n) is 3.72. The van der Waals surface area contributed by atoms with Gasteiger partial charge in [0.15, 0.2) is 0 Å². The molecule has 3 rings (SSSR count). The fraction of sp³-hybridized carbons (Fsp3) is 0.409. The van der Waals surface area contributed by atoms with Gasteiger partial charge >= 0.3 is 0 Å². The Morgan fingerprint density at radius 3 is 2.00 bits per heavy atom. The standard InChI is InChI=1S/C22H29N3O/c1-24-15-17-25(18-16-24)14-8-13-23-22(26)21(19-9-4-2-5-10-19)20-11-6-3-7-12-20/h2-7,9-12,21H,8,13-18H2,1H3,(H,23,26)/p+2. The van der Waals surface area contributed by atoms with Gasteiger partial charge in [-0.05, 0) is 11.1 Å². The Bertz CT molecular complexity index is 627. The summed E-state index contributed by atoms with van der Waals surface area (Å²) in [5.41, 5.74) is 2.09. The second-order valence-electron chi connectivity index (χ2n) is 7.36. The molecule has 1 aliphatic heterocycles. The number of amides is 1. The van der Waals surface area contributed by atoms with Crippen molar-refractivity contribution in [3.63, 3.8) is 0 Å². The molecule has 2 aromatic carbocycles. The first-order chi connectivity index (χ1) is 12.7. The van der Waals surface area contributed by atoms with Crippen molar-refractivity contribution in [3.8, 4) is 0 Å². The van der Waals surface area contributed by atoms with Gasteiger partial charge in [0.05, 0.1) is 19.5 Å². The van der Waals surface area contributed by atoms with Crippen molar-refractivity contribution < 1.29 is 14.6 Å². The van der Waals surface area contributed by atoms with Crippen LogP contribution >= 0.6 is 0 Å². The molecule has 1 heterocycles. The van der Waals surface area contributed by atoms with E-state index in [1.54, 1.807) is 9.80 Å². The molecule has 0 atom stereocenters. The van der Waals surface area contributed by atoms with E-state index in [0.717, 1.165) is 30.6 Å². The number of carbonyl (C=O) groups is 1. The summed E-state index contributed by atoms with van der Waals surface area (Å²) in [5.74, 6) is -0.141. The van der Waals surface area contributed by atoms with Crippen molar-refractivity contribution in [1.29, 1.82) is 0 Å². The topological polar surface area (TPSA) is 38.0 Å². The zero-order valence-electron chi connectivity index (χ0n) is 15.7. The van der Waals surface area contributed by atoms with Crippen molar-refractivity contribution in [3.05, 3.63) is 71.8 Å². The molecule has 0 spiro atoms. The number of benzene rings is 2. The summed E-state index contributed by atoms with van der Waals surface area (Å²) in [6.07, 6.45) is 1.04. The maximum atomic E-state index is 12.9. The van der Waals surface area contributed by atoms with Crippen LogP contribution in [0.5, 0.6) is 0 Å². The molecule has 1 amide bonds. The predicted octanol–water partition coefficient (Wildman–Crippen LogP) is -0.262. The van der Waals surface area contributed by atoms with Gasteiger partial charge in [-0.2, -0.15) is 0 Å². The highest BCUT2D eigenvalue weighted by molar-refractivity contribution is 5.87. The lowest BCUT2D eigenvalue weighted by Crippen LogP contribution is -3.27. The van der Waals surface area contributed by atoms with Gasteiger partial charge in [-0.25, -0.2) is 0 Å². The summed E-state index contributed by atoms with van der Waals surface area (Å²) in [6, 6.07) is 20.1. The van der Waals surface area contributed by atoms with E-state index >= 15 is 0 Å². The lowest BCUT2D eigenvalue weighted by atomic mass is 9.90. The van der Waals surface area contributed by atoms with E-state index in [1.807, 2.05) is 60.7 Å². The molecule has 0 aliphatic carbocycles. The van der Waals surface area contributed by atoms with Gasteiger partial charge in [0.1, 0.15) is 26.2 Å². The lowest BCUT2D eigenvalue weighted by Gasteiger charge is -2.27. The average molecular weight is 354 g/mol. The molecule has 2 aromatic rings. The summed E-state index contributed by atoms with van der Waals surface area (Å²) < 4.78 is 0. The number of piperazine rings is 1. The Kier molecular flexibility index (Phi) is 6.81. The quantitative estimate of drug-likeness (QED) is 0.590. The number of hydrogen-bond acceptors (Lipinski definition) is 1. The van der Waals surface area contributed by atoms with Crippen LogP contribution in [0.2, 0.25) is 0 Å². The molecule has 0 bridgehead atoms. The number of rotatable bonds is 7. The van der Waals surface area contributed by atoms with Crippen molar-refractivity contribution in [1.82, 2.24) is 5.32 Å². The van der Waals surface area contributed by atoms with Crippen LogP contribution in [0.15, 0.2) is 60.7 Å². The first-order valence-electron chi connectivity index (χ1n) is 9.76. The number of carbonyl (C=O) groups excluding carboxylic acids is 1. The number of likely N-dealkylation sites (N-methyl/N-ethyl adjacent to an activating group) is 1. The minimum Gasteiger partial charge on any atom is -0.355 e. The Labute approximate surface area is 156 Å². The van der Waals surface area contributed by atoms with Gasteiger partial charge in [0, 0.05) is 13.0 Å². The van der Waals surface area contributed by atoms with E-state index in [4.69, 9.17) is 0 Å². The van der Waals surface area contributed by atoms with E-state index in [-0.39, 0.29) is 11.8 Å². The zero-order valence-corrected chi connectivity index (χ0v) is 15.7. The molecule has 1 aliphatic rings. The minimum absolute atomic E-state index is 0.0974.